The largest absolute Gasteiger partial charge is 0.444 e. The van der Waals surface area contributed by atoms with Gasteiger partial charge in [0.05, 0.1) is 12.6 Å². The van der Waals surface area contributed by atoms with Crippen LogP contribution in [-0.2, 0) is 9.53 Å². The highest BCUT2D eigenvalue weighted by atomic mass is 16.6. The lowest BCUT2D eigenvalue weighted by atomic mass is 9.94. The predicted octanol–water partition coefficient (Wildman–Crippen LogP) is 3.36. The van der Waals surface area contributed by atoms with Gasteiger partial charge in [-0.3, -0.25) is 9.69 Å². The third kappa shape index (κ3) is 6.92. The summed E-state index contributed by atoms with van der Waals surface area (Å²) in [6.45, 7) is 13.2. The van der Waals surface area contributed by atoms with Crippen molar-refractivity contribution in [1.82, 2.24) is 14.7 Å². The fraction of sp³-hybridized carbons (Fsp3) is 0.826. The number of amides is 2. The SMILES string of the molecule is C#CCN1CCCCC1C(=O)N1CCCC(CN(C(=O)OC(C)(C)C)C(C)C)C1. The second-order valence-electron chi connectivity index (χ2n) is 9.71. The Labute approximate surface area is 176 Å². The maximum absolute atomic E-state index is 13.2. The molecule has 2 aliphatic heterocycles. The second-order valence-corrected chi connectivity index (χ2v) is 9.71. The monoisotopic (exact) mass is 405 g/mol. The van der Waals surface area contributed by atoms with E-state index < -0.39 is 5.60 Å². The molecule has 0 aliphatic carbocycles. The van der Waals surface area contributed by atoms with Gasteiger partial charge in [0, 0.05) is 25.7 Å². The summed E-state index contributed by atoms with van der Waals surface area (Å²) in [6, 6.07) is -0.0361. The standard InChI is InChI=1S/C23H39N3O3/c1-7-13-24-14-9-8-12-20(24)21(27)25-15-10-11-19(16-25)17-26(18(2)3)22(28)29-23(4,5)6/h1,18-20H,8-17H2,2-6H3. The minimum atomic E-state index is -0.514. The van der Waals surface area contributed by atoms with Crippen LogP contribution < -0.4 is 0 Å². The number of ether oxygens (including phenoxy) is 1. The Kier molecular flexibility index (Phi) is 8.39. The van der Waals surface area contributed by atoms with E-state index in [1.54, 1.807) is 4.90 Å². The predicted molar refractivity (Wildman–Crippen MR) is 115 cm³/mol. The van der Waals surface area contributed by atoms with Crippen LogP contribution in [0.3, 0.4) is 0 Å². The molecule has 2 heterocycles. The molecule has 2 atom stereocenters. The first-order valence-electron chi connectivity index (χ1n) is 11.1. The van der Waals surface area contributed by atoms with Gasteiger partial charge in [0.25, 0.3) is 0 Å². The van der Waals surface area contributed by atoms with E-state index in [9.17, 15) is 9.59 Å². The molecule has 2 amide bonds. The van der Waals surface area contributed by atoms with Crippen molar-refractivity contribution in [2.24, 2.45) is 5.92 Å². The third-order valence-corrected chi connectivity index (χ3v) is 5.73. The van der Waals surface area contributed by atoms with Gasteiger partial charge in [0.1, 0.15) is 5.60 Å². The van der Waals surface area contributed by atoms with Crippen LogP contribution in [0.4, 0.5) is 4.79 Å². The van der Waals surface area contributed by atoms with Gasteiger partial charge in [0.2, 0.25) is 5.91 Å². The van der Waals surface area contributed by atoms with E-state index >= 15 is 0 Å². The van der Waals surface area contributed by atoms with Gasteiger partial charge >= 0.3 is 6.09 Å². The van der Waals surface area contributed by atoms with Crippen LogP contribution in [0.5, 0.6) is 0 Å². The Hall–Kier alpha value is -1.74. The summed E-state index contributed by atoms with van der Waals surface area (Å²) < 4.78 is 5.59. The fourth-order valence-corrected chi connectivity index (χ4v) is 4.30. The van der Waals surface area contributed by atoms with Crippen LogP contribution in [0.15, 0.2) is 0 Å². The minimum absolute atomic E-state index is 0.0559. The van der Waals surface area contributed by atoms with E-state index in [0.29, 0.717) is 19.6 Å². The fourth-order valence-electron chi connectivity index (χ4n) is 4.30. The van der Waals surface area contributed by atoms with Crippen molar-refractivity contribution < 1.29 is 14.3 Å². The van der Waals surface area contributed by atoms with Gasteiger partial charge < -0.3 is 14.5 Å². The first kappa shape index (κ1) is 23.5. The van der Waals surface area contributed by atoms with Gasteiger partial charge in [-0.15, -0.1) is 6.42 Å². The molecule has 0 saturated carbocycles. The maximum atomic E-state index is 13.2. The van der Waals surface area contributed by atoms with Gasteiger partial charge in [-0.05, 0) is 72.8 Å². The molecule has 2 rings (SSSR count). The summed E-state index contributed by atoms with van der Waals surface area (Å²) in [4.78, 5) is 31.8. The lowest BCUT2D eigenvalue weighted by Gasteiger charge is -2.41. The zero-order valence-corrected chi connectivity index (χ0v) is 18.9. The molecule has 0 aromatic rings. The Morgan fingerprint density at radius 2 is 1.90 bits per heavy atom. The summed E-state index contributed by atoms with van der Waals surface area (Å²) in [5.41, 5.74) is -0.514. The summed E-state index contributed by atoms with van der Waals surface area (Å²) in [6.07, 6.45) is 10.3. The van der Waals surface area contributed by atoms with Crippen molar-refractivity contribution >= 4 is 12.0 Å². The quantitative estimate of drug-likeness (QED) is 0.658. The van der Waals surface area contributed by atoms with Crippen LogP contribution in [0.25, 0.3) is 0 Å². The molecule has 0 aromatic heterocycles. The number of carbonyl (C=O) groups excluding carboxylic acids is 2. The molecule has 6 heteroatoms. The normalized spacial score (nSPS) is 23.6. The highest BCUT2D eigenvalue weighted by Gasteiger charge is 2.35. The molecule has 29 heavy (non-hydrogen) atoms. The highest BCUT2D eigenvalue weighted by Crippen LogP contribution is 2.24. The number of terminal acetylenes is 1. The number of hydrogen-bond donors (Lipinski definition) is 0. The lowest BCUT2D eigenvalue weighted by Crippen LogP contribution is -2.54. The first-order valence-corrected chi connectivity index (χ1v) is 11.1. The molecule has 0 radical (unpaired) electrons. The van der Waals surface area contributed by atoms with Crippen molar-refractivity contribution in [2.75, 3.05) is 32.7 Å². The van der Waals surface area contributed by atoms with Gasteiger partial charge in [-0.25, -0.2) is 4.79 Å². The van der Waals surface area contributed by atoms with Crippen molar-refractivity contribution in [3.8, 4) is 12.3 Å². The zero-order valence-electron chi connectivity index (χ0n) is 18.9. The van der Waals surface area contributed by atoms with Crippen LogP contribution in [-0.4, -0.2) is 77.1 Å². The third-order valence-electron chi connectivity index (χ3n) is 5.73. The molecule has 2 unspecified atom stereocenters. The lowest BCUT2D eigenvalue weighted by molar-refractivity contribution is -0.140. The van der Waals surface area contributed by atoms with E-state index in [-0.39, 0.29) is 30.0 Å². The molecular formula is C23H39N3O3. The molecule has 6 nitrogen and oxygen atoms in total. The number of rotatable bonds is 5. The van der Waals surface area contributed by atoms with Crippen molar-refractivity contribution in [3.05, 3.63) is 0 Å². The van der Waals surface area contributed by atoms with E-state index in [4.69, 9.17) is 11.2 Å². The minimum Gasteiger partial charge on any atom is -0.444 e. The van der Waals surface area contributed by atoms with E-state index in [0.717, 1.165) is 45.2 Å². The second kappa shape index (κ2) is 10.3. The van der Waals surface area contributed by atoms with Crippen LogP contribution >= 0.6 is 0 Å². The number of nitrogens with zero attached hydrogens (tertiary/aromatic N) is 3. The molecule has 0 aromatic carbocycles. The average Bonchev–Trinajstić information content (AvgIpc) is 2.65. The molecule has 0 N–H and O–H groups in total. The Morgan fingerprint density at radius 3 is 2.52 bits per heavy atom. The van der Waals surface area contributed by atoms with Crippen LogP contribution in [0, 0.1) is 18.3 Å². The number of piperidine rings is 2. The molecule has 2 fully saturated rings. The van der Waals surface area contributed by atoms with Gasteiger partial charge in [-0.1, -0.05) is 12.3 Å². The number of carbonyl (C=O) groups is 2. The number of likely N-dealkylation sites (tertiary alicyclic amines) is 2. The molecule has 2 aliphatic rings. The van der Waals surface area contributed by atoms with E-state index in [1.165, 1.54) is 0 Å². The number of hydrogen-bond acceptors (Lipinski definition) is 4. The average molecular weight is 406 g/mol. The van der Waals surface area contributed by atoms with E-state index in [2.05, 4.69) is 10.8 Å². The summed E-state index contributed by atoms with van der Waals surface area (Å²) >= 11 is 0. The molecular weight excluding hydrogens is 366 g/mol. The molecule has 2 saturated heterocycles. The molecule has 0 spiro atoms. The molecule has 0 bridgehead atoms. The summed E-state index contributed by atoms with van der Waals surface area (Å²) in [5.74, 6) is 3.18. The Balaban J connectivity index is 2.00. The van der Waals surface area contributed by atoms with Crippen LogP contribution in [0.1, 0.15) is 66.7 Å². The van der Waals surface area contributed by atoms with Crippen molar-refractivity contribution in [2.45, 2.75) is 84.4 Å². The van der Waals surface area contributed by atoms with Crippen molar-refractivity contribution in [3.63, 3.8) is 0 Å². The molecule has 164 valence electrons. The van der Waals surface area contributed by atoms with Gasteiger partial charge in [-0.2, -0.15) is 0 Å². The van der Waals surface area contributed by atoms with E-state index in [1.807, 2.05) is 39.5 Å². The van der Waals surface area contributed by atoms with Crippen molar-refractivity contribution in [1.29, 1.82) is 0 Å². The first-order chi connectivity index (χ1) is 13.6. The Morgan fingerprint density at radius 1 is 1.17 bits per heavy atom. The maximum Gasteiger partial charge on any atom is 0.410 e. The summed E-state index contributed by atoms with van der Waals surface area (Å²) in [7, 11) is 0. The smallest absolute Gasteiger partial charge is 0.410 e. The van der Waals surface area contributed by atoms with Crippen LogP contribution in [0.2, 0.25) is 0 Å². The Bertz CT molecular complexity index is 605. The zero-order chi connectivity index (χ0) is 21.6. The summed E-state index contributed by atoms with van der Waals surface area (Å²) in [5, 5.41) is 0. The highest BCUT2D eigenvalue weighted by molar-refractivity contribution is 5.82. The van der Waals surface area contributed by atoms with Gasteiger partial charge in [0.15, 0.2) is 0 Å². The topological polar surface area (TPSA) is 53.1 Å².